The molecule has 0 saturated carbocycles. The van der Waals surface area contributed by atoms with E-state index in [9.17, 15) is 22.4 Å². The molecule has 2 aromatic rings. The molecule has 2 N–H and O–H groups in total. The summed E-state index contributed by atoms with van der Waals surface area (Å²) >= 11 is 0. The highest BCUT2D eigenvalue weighted by Crippen LogP contribution is 2.29. The quantitative estimate of drug-likeness (QED) is 0.617. The molecule has 0 fully saturated rings. The Balaban J connectivity index is 1.72. The Morgan fingerprint density at radius 3 is 2.17 bits per heavy atom. The predicted octanol–water partition coefficient (Wildman–Crippen LogP) is 3.96. The van der Waals surface area contributed by atoms with Gasteiger partial charge in [-0.15, -0.1) is 0 Å². The molecule has 2 rings (SSSR count). The number of nitrogens with one attached hydrogen (secondary N) is 2. The van der Waals surface area contributed by atoms with Crippen molar-refractivity contribution in [1.82, 2.24) is 5.32 Å². The van der Waals surface area contributed by atoms with Crippen molar-refractivity contribution in [2.45, 2.75) is 19.1 Å². The van der Waals surface area contributed by atoms with E-state index in [0.717, 1.165) is 17.7 Å². The number of hydrogen-bond donors (Lipinski definition) is 2. The number of amides is 1. The Morgan fingerprint density at radius 2 is 1.58 bits per heavy atom. The van der Waals surface area contributed by atoms with E-state index >= 15 is 0 Å². The largest absolute Gasteiger partial charge is 0.416 e. The van der Waals surface area contributed by atoms with Crippen molar-refractivity contribution in [3.05, 3.63) is 65.5 Å². The van der Waals surface area contributed by atoms with Crippen LogP contribution in [0.25, 0.3) is 0 Å². The fraction of sp³-hybridized carbons (Fsp3) is 0.235. The molecule has 7 heteroatoms. The number of anilines is 1. The second-order valence-electron chi connectivity index (χ2n) is 5.18. The van der Waals surface area contributed by atoms with Gasteiger partial charge in [0.25, 0.3) is 0 Å². The second kappa shape index (κ2) is 7.92. The van der Waals surface area contributed by atoms with Crippen LogP contribution in [-0.4, -0.2) is 12.5 Å². The maximum Gasteiger partial charge on any atom is 0.416 e. The van der Waals surface area contributed by atoms with Crippen LogP contribution in [0.2, 0.25) is 0 Å². The highest BCUT2D eigenvalue weighted by Gasteiger charge is 2.29. The van der Waals surface area contributed by atoms with Crippen LogP contribution in [0.3, 0.4) is 0 Å². The predicted molar refractivity (Wildman–Crippen MR) is 82.8 cm³/mol. The van der Waals surface area contributed by atoms with Gasteiger partial charge >= 0.3 is 6.18 Å². The zero-order valence-corrected chi connectivity index (χ0v) is 12.7. The number of benzene rings is 2. The minimum Gasteiger partial charge on any atom is -0.326 e. The summed E-state index contributed by atoms with van der Waals surface area (Å²) in [5.41, 5.74) is 0.438. The van der Waals surface area contributed by atoms with Crippen molar-refractivity contribution in [2.75, 3.05) is 11.9 Å². The van der Waals surface area contributed by atoms with Gasteiger partial charge in [0.2, 0.25) is 5.91 Å². The molecule has 0 saturated heterocycles. The van der Waals surface area contributed by atoms with Crippen LogP contribution in [0.1, 0.15) is 17.5 Å². The van der Waals surface area contributed by atoms with Crippen molar-refractivity contribution >= 4 is 11.6 Å². The number of carbonyl (C=O) groups is 1. The monoisotopic (exact) mass is 340 g/mol. The molecule has 128 valence electrons. The summed E-state index contributed by atoms with van der Waals surface area (Å²) in [7, 11) is 0. The number of alkyl halides is 3. The third-order valence-corrected chi connectivity index (χ3v) is 3.27. The average molecular weight is 340 g/mol. The number of carbonyl (C=O) groups excluding carboxylic acids is 1. The first kappa shape index (κ1) is 17.9. The van der Waals surface area contributed by atoms with Crippen molar-refractivity contribution < 1.29 is 22.4 Å². The van der Waals surface area contributed by atoms with Crippen LogP contribution in [-0.2, 0) is 17.5 Å². The molecule has 0 heterocycles. The van der Waals surface area contributed by atoms with Crippen LogP contribution in [0.4, 0.5) is 23.2 Å². The summed E-state index contributed by atoms with van der Waals surface area (Å²) in [4.78, 5) is 11.7. The molecule has 24 heavy (non-hydrogen) atoms. The SMILES string of the molecule is O=C(CCNCc1ccc(F)cc1)Nc1ccc(C(F)(F)F)cc1. The lowest BCUT2D eigenvalue weighted by atomic mass is 10.2. The highest BCUT2D eigenvalue weighted by molar-refractivity contribution is 5.90. The van der Waals surface area contributed by atoms with E-state index in [-0.39, 0.29) is 18.1 Å². The molecule has 1 amide bonds. The number of halogens is 4. The fourth-order valence-electron chi connectivity index (χ4n) is 2.00. The lowest BCUT2D eigenvalue weighted by molar-refractivity contribution is -0.137. The summed E-state index contributed by atoms with van der Waals surface area (Å²) in [5.74, 6) is -0.615. The molecular weight excluding hydrogens is 324 g/mol. The van der Waals surface area contributed by atoms with Gasteiger partial charge in [-0.05, 0) is 42.0 Å². The molecule has 0 aliphatic rings. The van der Waals surface area contributed by atoms with E-state index in [1.54, 1.807) is 12.1 Å². The molecule has 0 radical (unpaired) electrons. The van der Waals surface area contributed by atoms with Gasteiger partial charge in [0.1, 0.15) is 5.82 Å². The van der Waals surface area contributed by atoms with E-state index in [0.29, 0.717) is 18.8 Å². The number of hydrogen-bond acceptors (Lipinski definition) is 2. The first-order valence-electron chi connectivity index (χ1n) is 7.27. The Morgan fingerprint density at radius 1 is 0.958 bits per heavy atom. The Bertz CT molecular complexity index is 666. The zero-order valence-electron chi connectivity index (χ0n) is 12.7. The topological polar surface area (TPSA) is 41.1 Å². The van der Waals surface area contributed by atoms with Crippen molar-refractivity contribution in [3.63, 3.8) is 0 Å². The van der Waals surface area contributed by atoms with Crippen LogP contribution >= 0.6 is 0 Å². The molecule has 0 bridgehead atoms. The van der Waals surface area contributed by atoms with Crippen molar-refractivity contribution in [2.24, 2.45) is 0 Å². The third kappa shape index (κ3) is 5.66. The molecule has 3 nitrogen and oxygen atoms in total. The summed E-state index contributed by atoms with van der Waals surface area (Å²) < 4.78 is 50.0. The Labute approximate surface area is 136 Å². The molecule has 0 atom stereocenters. The Kier molecular flexibility index (Phi) is 5.92. The van der Waals surface area contributed by atoms with Crippen LogP contribution < -0.4 is 10.6 Å². The van der Waals surface area contributed by atoms with E-state index in [1.165, 1.54) is 24.3 Å². The molecular formula is C17H16F4N2O. The smallest absolute Gasteiger partial charge is 0.326 e. The van der Waals surface area contributed by atoms with Gasteiger partial charge in [0.15, 0.2) is 0 Å². The summed E-state index contributed by atoms with van der Waals surface area (Å²) in [6.45, 7) is 0.887. The third-order valence-electron chi connectivity index (χ3n) is 3.27. The maximum absolute atomic E-state index is 12.7. The molecule has 0 spiro atoms. The van der Waals surface area contributed by atoms with E-state index in [4.69, 9.17) is 0 Å². The van der Waals surface area contributed by atoms with Crippen LogP contribution in [0.15, 0.2) is 48.5 Å². The van der Waals surface area contributed by atoms with Crippen molar-refractivity contribution in [3.8, 4) is 0 Å². The van der Waals surface area contributed by atoms with E-state index < -0.39 is 11.7 Å². The minimum absolute atomic E-state index is 0.169. The van der Waals surface area contributed by atoms with E-state index in [2.05, 4.69) is 10.6 Å². The molecule has 0 aromatic heterocycles. The number of rotatable bonds is 6. The lowest BCUT2D eigenvalue weighted by Gasteiger charge is -2.09. The van der Waals surface area contributed by atoms with Crippen molar-refractivity contribution in [1.29, 1.82) is 0 Å². The van der Waals surface area contributed by atoms with Gasteiger partial charge in [-0.3, -0.25) is 4.79 Å². The minimum atomic E-state index is -4.40. The first-order valence-corrected chi connectivity index (χ1v) is 7.27. The summed E-state index contributed by atoms with van der Waals surface area (Å²) in [6, 6.07) is 10.3. The molecule has 0 aliphatic carbocycles. The summed E-state index contributed by atoms with van der Waals surface area (Å²) in [5, 5.41) is 5.57. The molecule has 0 unspecified atom stereocenters. The zero-order chi connectivity index (χ0) is 17.6. The van der Waals surface area contributed by atoms with Gasteiger partial charge in [0.05, 0.1) is 5.56 Å². The van der Waals surface area contributed by atoms with E-state index in [1.807, 2.05) is 0 Å². The van der Waals surface area contributed by atoms with Gasteiger partial charge in [0, 0.05) is 25.2 Å². The standard InChI is InChI=1S/C17H16F4N2O/c18-14-5-1-12(2-6-14)11-22-10-9-16(24)23-15-7-3-13(4-8-15)17(19,20)21/h1-8,22H,9-11H2,(H,23,24). The Hall–Kier alpha value is -2.41. The second-order valence-corrected chi connectivity index (χ2v) is 5.18. The average Bonchev–Trinajstić information content (AvgIpc) is 2.53. The van der Waals surface area contributed by atoms with Gasteiger partial charge < -0.3 is 10.6 Å². The van der Waals surface area contributed by atoms with Gasteiger partial charge in [-0.2, -0.15) is 13.2 Å². The fourth-order valence-corrected chi connectivity index (χ4v) is 2.00. The summed E-state index contributed by atoms with van der Waals surface area (Å²) in [6.07, 6.45) is -4.23. The van der Waals surface area contributed by atoms with Crippen LogP contribution in [0.5, 0.6) is 0 Å². The maximum atomic E-state index is 12.7. The highest BCUT2D eigenvalue weighted by atomic mass is 19.4. The molecule has 0 aliphatic heterocycles. The van der Waals surface area contributed by atoms with Crippen LogP contribution in [0, 0.1) is 5.82 Å². The first-order chi connectivity index (χ1) is 11.3. The van der Waals surface area contributed by atoms with Gasteiger partial charge in [-0.1, -0.05) is 12.1 Å². The molecule has 2 aromatic carbocycles. The van der Waals surface area contributed by atoms with Gasteiger partial charge in [-0.25, -0.2) is 4.39 Å². The lowest BCUT2D eigenvalue weighted by Crippen LogP contribution is -2.21. The normalized spacial score (nSPS) is 11.3.